The van der Waals surface area contributed by atoms with Gasteiger partial charge >= 0.3 is 5.97 Å². The smallest absolute Gasteiger partial charge is 0.310 e. The largest absolute Gasteiger partial charge is 0.481 e. The van der Waals surface area contributed by atoms with Gasteiger partial charge in [0.15, 0.2) is 0 Å². The van der Waals surface area contributed by atoms with Crippen molar-refractivity contribution < 1.29 is 14.7 Å². The summed E-state index contributed by atoms with van der Waals surface area (Å²) in [5, 5.41) is 12.2. The molecule has 0 bridgehead atoms. The van der Waals surface area contributed by atoms with Crippen molar-refractivity contribution in [1.29, 1.82) is 0 Å². The average molecular weight is 299 g/mol. The van der Waals surface area contributed by atoms with Crippen molar-refractivity contribution in [2.24, 2.45) is 11.3 Å². The standard InChI is InChI=1S/C15H29N3O3/c1-11(2)15(3,14(20)21)8-13(19)16-9-12-10-17(4)6-7-18(12)5/h11-12H,6-10H2,1-5H3,(H,16,19)(H,20,21). The molecule has 1 aliphatic rings. The number of carboxylic acids is 1. The van der Waals surface area contributed by atoms with Crippen molar-refractivity contribution in [2.75, 3.05) is 40.3 Å². The molecule has 1 aliphatic heterocycles. The van der Waals surface area contributed by atoms with E-state index in [2.05, 4.69) is 29.2 Å². The molecule has 2 atom stereocenters. The van der Waals surface area contributed by atoms with E-state index < -0.39 is 11.4 Å². The van der Waals surface area contributed by atoms with Gasteiger partial charge in [-0.3, -0.25) is 14.5 Å². The van der Waals surface area contributed by atoms with Gasteiger partial charge < -0.3 is 15.3 Å². The highest BCUT2D eigenvalue weighted by atomic mass is 16.4. The number of nitrogens with one attached hydrogen (secondary N) is 1. The first-order chi connectivity index (χ1) is 9.66. The molecule has 0 radical (unpaired) electrons. The SMILES string of the molecule is CC(C)C(C)(CC(=O)NCC1CN(C)CCN1C)C(=O)O. The Morgan fingerprint density at radius 3 is 2.48 bits per heavy atom. The van der Waals surface area contributed by atoms with Crippen LogP contribution in [0.2, 0.25) is 0 Å². The maximum absolute atomic E-state index is 12.1. The predicted octanol–water partition coefficient (Wildman–Crippen LogP) is 0.485. The highest BCUT2D eigenvalue weighted by Crippen LogP contribution is 2.31. The van der Waals surface area contributed by atoms with E-state index in [1.807, 2.05) is 13.8 Å². The normalized spacial score (nSPS) is 23.8. The molecule has 1 fully saturated rings. The fourth-order valence-electron chi connectivity index (χ4n) is 2.48. The van der Waals surface area contributed by atoms with E-state index in [1.165, 1.54) is 0 Å². The molecular weight excluding hydrogens is 270 g/mol. The summed E-state index contributed by atoms with van der Waals surface area (Å²) in [6, 6.07) is 0.280. The van der Waals surface area contributed by atoms with E-state index in [0.29, 0.717) is 6.54 Å². The number of hydrogen-bond donors (Lipinski definition) is 2. The zero-order chi connectivity index (χ0) is 16.2. The Balaban J connectivity index is 2.52. The first kappa shape index (κ1) is 17.9. The monoisotopic (exact) mass is 299 g/mol. The molecule has 0 aliphatic carbocycles. The molecule has 2 unspecified atom stereocenters. The minimum absolute atomic E-state index is 0.0201. The lowest BCUT2D eigenvalue weighted by atomic mass is 9.76. The zero-order valence-corrected chi connectivity index (χ0v) is 13.8. The summed E-state index contributed by atoms with van der Waals surface area (Å²) < 4.78 is 0. The Hall–Kier alpha value is -1.14. The summed E-state index contributed by atoms with van der Waals surface area (Å²) in [6.45, 7) is 8.81. The predicted molar refractivity (Wildman–Crippen MR) is 82.1 cm³/mol. The molecule has 6 nitrogen and oxygen atoms in total. The third kappa shape index (κ3) is 4.68. The molecular formula is C15H29N3O3. The molecule has 122 valence electrons. The number of hydrogen-bond acceptors (Lipinski definition) is 4. The Kier molecular flexibility index (Phi) is 6.16. The first-order valence-electron chi connectivity index (χ1n) is 7.55. The van der Waals surface area contributed by atoms with Crippen molar-refractivity contribution in [3.05, 3.63) is 0 Å². The second-order valence-corrected chi connectivity index (χ2v) is 6.75. The van der Waals surface area contributed by atoms with Crippen LogP contribution in [-0.4, -0.2) is 73.1 Å². The third-order valence-corrected chi connectivity index (χ3v) is 4.81. The van der Waals surface area contributed by atoms with Crippen LogP contribution in [0.1, 0.15) is 27.2 Å². The van der Waals surface area contributed by atoms with Crippen LogP contribution in [0.3, 0.4) is 0 Å². The van der Waals surface area contributed by atoms with Crippen molar-refractivity contribution in [1.82, 2.24) is 15.1 Å². The molecule has 21 heavy (non-hydrogen) atoms. The fourth-order valence-corrected chi connectivity index (χ4v) is 2.48. The van der Waals surface area contributed by atoms with E-state index in [0.717, 1.165) is 19.6 Å². The minimum atomic E-state index is -1.01. The van der Waals surface area contributed by atoms with Crippen molar-refractivity contribution >= 4 is 11.9 Å². The van der Waals surface area contributed by atoms with Crippen LogP contribution in [-0.2, 0) is 9.59 Å². The maximum atomic E-state index is 12.1. The van der Waals surface area contributed by atoms with Crippen LogP contribution in [0, 0.1) is 11.3 Å². The molecule has 2 N–H and O–H groups in total. The maximum Gasteiger partial charge on any atom is 0.310 e. The van der Waals surface area contributed by atoms with Crippen LogP contribution >= 0.6 is 0 Å². The molecule has 1 heterocycles. The van der Waals surface area contributed by atoms with E-state index in [4.69, 9.17) is 0 Å². The molecule has 0 aromatic rings. The summed E-state index contributed by atoms with van der Waals surface area (Å²) in [4.78, 5) is 28.0. The second kappa shape index (κ2) is 7.22. The van der Waals surface area contributed by atoms with Gasteiger partial charge in [0.25, 0.3) is 0 Å². The number of carbonyl (C=O) groups is 2. The fraction of sp³-hybridized carbons (Fsp3) is 0.867. The first-order valence-corrected chi connectivity index (χ1v) is 7.55. The average Bonchev–Trinajstić information content (AvgIpc) is 2.39. The van der Waals surface area contributed by atoms with E-state index in [-0.39, 0.29) is 24.3 Å². The summed E-state index contributed by atoms with van der Waals surface area (Å²) >= 11 is 0. The summed E-state index contributed by atoms with van der Waals surface area (Å²) in [5.41, 5.74) is -1.01. The molecule has 0 aromatic carbocycles. The third-order valence-electron chi connectivity index (χ3n) is 4.81. The van der Waals surface area contributed by atoms with Crippen molar-refractivity contribution in [3.8, 4) is 0 Å². The number of rotatable bonds is 6. The van der Waals surface area contributed by atoms with Gasteiger partial charge in [0.1, 0.15) is 0 Å². The Morgan fingerprint density at radius 1 is 1.33 bits per heavy atom. The number of carbonyl (C=O) groups excluding carboxylic acids is 1. The van der Waals surface area contributed by atoms with E-state index in [1.54, 1.807) is 6.92 Å². The topological polar surface area (TPSA) is 72.9 Å². The van der Waals surface area contributed by atoms with Gasteiger partial charge in [0, 0.05) is 38.6 Å². The van der Waals surface area contributed by atoms with Gasteiger partial charge in [0.05, 0.1) is 5.41 Å². The van der Waals surface area contributed by atoms with Gasteiger partial charge in [-0.05, 0) is 26.9 Å². The number of amides is 1. The molecule has 0 spiro atoms. The number of carboxylic acid groups (broad SMARTS) is 1. The Morgan fingerprint density at radius 2 is 1.95 bits per heavy atom. The van der Waals surface area contributed by atoms with Gasteiger partial charge in [-0.1, -0.05) is 13.8 Å². The Bertz CT molecular complexity index is 386. The number of piperazine rings is 1. The van der Waals surface area contributed by atoms with Crippen LogP contribution in [0.15, 0.2) is 0 Å². The quantitative estimate of drug-likeness (QED) is 0.746. The van der Waals surface area contributed by atoms with Gasteiger partial charge in [0.2, 0.25) is 5.91 Å². The molecule has 1 rings (SSSR count). The summed E-state index contributed by atoms with van der Waals surface area (Å²) in [5.74, 6) is -1.19. The minimum Gasteiger partial charge on any atom is -0.481 e. The number of aliphatic carboxylic acids is 1. The molecule has 1 saturated heterocycles. The van der Waals surface area contributed by atoms with Gasteiger partial charge in [-0.2, -0.15) is 0 Å². The molecule has 0 aromatic heterocycles. The van der Waals surface area contributed by atoms with Gasteiger partial charge in [-0.25, -0.2) is 0 Å². The van der Waals surface area contributed by atoms with Crippen LogP contribution in [0.25, 0.3) is 0 Å². The molecule has 6 heteroatoms. The lowest BCUT2D eigenvalue weighted by molar-refractivity contribution is -0.153. The van der Waals surface area contributed by atoms with Crippen LogP contribution < -0.4 is 5.32 Å². The summed E-state index contributed by atoms with van der Waals surface area (Å²) in [6.07, 6.45) is 0.0201. The van der Waals surface area contributed by atoms with E-state index >= 15 is 0 Å². The van der Waals surface area contributed by atoms with Gasteiger partial charge in [-0.15, -0.1) is 0 Å². The highest BCUT2D eigenvalue weighted by Gasteiger charge is 2.38. The zero-order valence-electron chi connectivity index (χ0n) is 13.8. The van der Waals surface area contributed by atoms with Crippen molar-refractivity contribution in [2.45, 2.75) is 33.2 Å². The highest BCUT2D eigenvalue weighted by molar-refractivity contribution is 5.84. The second-order valence-electron chi connectivity index (χ2n) is 6.75. The van der Waals surface area contributed by atoms with Crippen molar-refractivity contribution in [3.63, 3.8) is 0 Å². The van der Waals surface area contributed by atoms with Crippen LogP contribution in [0.5, 0.6) is 0 Å². The van der Waals surface area contributed by atoms with E-state index in [9.17, 15) is 14.7 Å². The number of nitrogens with zero attached hydrogens (tertiary/aromatic N) is 2. The van der Waals surface area contributed by atoms with Crippen LogP contribution in [0.4, 0.5) is 0 Å². The lowest BCUT2D eigenvalue weighted by Gasteiger charge is -2.38. The molecule has 0 saturated carbocycles. The number of likely N-dealkylation sites (N-methyl/N-ethyl adjacent to an activating group) is 2. The summed E-state index contributed by atoms with van der Waals surface area (Å²) in [7, 11) is 4.13. The molecule has 1 amide bonds. The lowest BCUT2D eigenvalue weighted by Crippen LogP contribution is -2.54. The Labute approximate surface area is 127 Å².